The van der Waals surface area contributed by atoms with Gasteiger partial charge in [0.15, 0.2) is 0 Å². The Labute approximate surface area is 128 Å². The summed E-state index contributed by atoms with van der Waals surface area (Å²) in [5.41, 5.74) is 1.45. The molecule has 0 fully saturated rings. The molecule has 0 aliphatic carbocycles. The van der Waals surface area contributed by atoms with Crippen LogP contribution in [0.1, 0.15) is 15.9 Å². The number of aromatic nitrogens is 1. The van der Waals surface area contributed by atoms with Crippen molar-refractivity contribution in [2.45, 2.75) is 6.54 Å². The van der Waals surface area contributed by atoms with Crippen molar-refractivity contribution in [1.29, 1.82) is 0 Å². The van der Waals surface area contributed by atoms with Crippen molar-refractivity contribution in [2.75, 3.05) is 25.6 Å². The van der Waals surface area contributed by atoms with Crippen molar-refractivity contribution in [3.63, 3.8) is 0 Å². The number of hydrogen-bond donors (Lipinski definition) is 2. The van der Waals surface area contributed by atoms with Crippen molar-refractivity contribution in [2.24, 2.45) is 0 Å². The summed E-state index contributed by atoms with van der Waals surface area (Å²) in [6.07, 6.45) is 1.57. The lowest BCUT2D eigenvalue weighted by Gasteiger charge is -2.08. The molecule has 0 radical (unpaired) electrons. The van der Waals surface area contributed by atoms with Gasteiger partial charge in [-0.1, -0.05) is 12.1 Å². The van der Waals surface area contributed by atoms with Crippen LogP contribution in [0.3, 0.4) is 0 Å². The first-order chi connectivity index (χ1) is 10.7. The molecule has 1 amide bonds. The molecule has 2 rings (SSSR count). The Morgan fingerprint density at radius 2 is 2.05 bits per heavy atom. The summed E-state index contributed by atoms with van der Waals surface area (Å²) in [5.74, 6) is 0.143. The first-order valence-electron chi connectivity index (χ1n) is 6.90. The van der Waals surface area contributed by atoms with Crippen LogP contribution in [0.4, 0.5) is 10.2 Å². The van der Waals surface area contributed by atoms with Crippen LogP contribution in [-0.2, 0) is 11.3 Å². The number of hydrogen-bond acceptors (Lipinski definition) is 4. The van der Waals surface area contributed by atoms with E-state index < -0.39 is 0 Å². The lowest BCUT2D eigenvalue weighted by Crippen LogP contribution is -2.27. The molecule has 0 saturated heterocycles. The third-order valence-electron chi connectivity index (χ3n) is 3.00. The van der Waals surface area contributed by atoms with Crippen LogP contribution in [0.15, 0.2) is 42.6 Å². The SMILES string of the molecule is COCCNC(=O)c1ccnc(NCc2ccc(F)cc2)c1. The predicted molar refractivity (Wildman–Crippen MR) is 82.2 cm³/mol. The standard InChI is InChI=1S/C16H18FN3O2/c1-22-9-8-19-16(21)13-6-7-18-15(10-13)20-11-12-2-4-14(17)5-3-12/h2-7,10H,8-9,11H2,1H3,(H,18,20)(H,19,21). The second-order valence-corrected chi connectivity index (χ2v) is 4.66. The molecule has 0 spiro atoms. The zero-order chi connectivity index (χ0) is 15.8. The third kappa shape index (κ3) is 4.82. The molecule has 0 unspecified atom stereocenters. The number of carbonyl (C=O) groups excluding carboxylic acids is 1. The van der Waals surface area contributed by atoms with Gasteiger partial charge in [0.2, 0.25) is 0 Å². The molecule has 0 aliphatic rings. The number of carbonyl (C=O) groups is 1. The lowest BCUT2D eigenvalue weighted by atomic mass is 10.2. The van der Waals surface area contributed by atoms with Gasteiger partial charge < -0.3 is 15.4 Å². The van der Waals surface area contributed by atoms with Gasteiger partial charge in [-0.25, -0.2) is 9.37 Å². The molecule has 0 bridgehead atoms. The van der Waals surface area contributed by atoms with E-state index in [1.807, 2.05) is 0 Å². The number of rotatable bonds is 7. The van der Waals surface area contributed by atoms with Crippen LogP contribution >= 0.6 is 0 Å². The molecule has 2 N–H and O–H groups in total. The average molecular weight is 303 g/mol. The van der Waals surface area contributed by atoms with E-state index in [0.29, 0.717) is 31.1 Å². The van der Waals surface area contributed by atoms with E-state index in [1.165, 1.54) is 12.1 Å². The van der Waals surface area contributed by atoms with E-state index in [9.17, 15) is 9.18 Å². The van der Waals surface area contributed by atoms with Gasteiger partial charge in [0.25, 0.3) is 5.91 Å². The fraction of sp³-hybridized carbons (Fsp3) is 0.250. The third-order valence-corrected chi connectivity index (χ3v) is 3.00. The fourth-order valence-electron chi connectivity index (χ4n) is 1.83. The zero-order valence-electron chi connectivity index (χ0n) is 12.3. The Kier molecular flexibility index (Phi) is 5.85. The summed E-state index contributed by atoms with van der Waals surface area (Å²) in [6.45, 7) is 1.42. The number of nitrogens with one attached hydrogen (secondary N) is 2. The van der Waals surface area contributed by atoms with Crippen LogP contribution in [0.5, 0.6) is 0 Å². The van der Waals surface area contributed by atoms with Crippen molar-refractivity contribution >= 4 is 11.7 Å². The quantitative estimate of drug-likeness (QED) is 0.770. The van der Waals surface area contributed by atoms with Crippen LogP contribution < -0.4 is 10.6 Å². The normalized spacial score (nSPS) is 10.3. The molecule has 1 aromatic heterocycles. The molecular formula is C16H18FN3O2. The van der Waals surface area contributed by atoms with Crippen molar-refractivity contribution in [3.8, 4) is 0 Å². The number of pyridine rings is 1. The van der Waals surface area contributed by atoms with Gasteiger partial charge >= 0.3 is 0 Å². The predicted octanol–water partition coefficient (Wildman–Crippen LogP) is 2.21. The molecule has 0 saturated carbocycles. The van der Waals surface area contributed by atoms with E-state index in [0.717, 1.165) is 5.56 Å². The Morgan fingerprint density at radius 3 is 2.77 bits per heavy atom. The minimum Gasteiger partial charge on any atom is -0.383 e. The van der Waals surface area contributed by atoms with Gasteiger partial charge in [-0.3, -0.25) is 4.79 Å². The van der Waals surface area contributed by atoms with Gasteiger partial charge in [-0.15, -0.1) is 0 Å². The fourth-order valence-corrected chi connectivity index (χ4v) is 1.83. The van der Waals surface area contributed by atoms with Crippen molar-refractivity contribution in [3.05, 3.63) is 59.5 Å². The van der Waals surface area contributed by atoms with Gasteiger partial charge in [0.05, 0.1) is 6.61 Å². The lowest BCUT2D eigenvalue weighted by molar-refractivity contribution is 0.0937. The van der Waals surface area contributed by atoms with Crippen LogP contribution in [0.2, 0.25) is 0 Å². The number of amides is 1. The second kappa shape index (κ2) is 8.09. The summed E-state index contributed by atoms with van der Waals surface area (Å²) >= 11 is 0. The number of benzene rings is 1. The summed E-state index contributed by atoms with van der Waals surface area (Å²) in [5, 5.41) is 5.85. The highest BCUT2D eigenvalue weighted by Crippen LogP contribution is 2.09. The van der Waals surface area contributed by atoms with Gasteiger partial charge in [-0.2, -0.15) is 0 Å². The minimum absolute atomic E-state index is 0.177. The first-order valence-corrected chi connectivity index (χ1v) is 6.90. The molecule has 0 atom stereocenters. The zero-order valence-corrected chi connectivity index (χ0v) is 12.3. The molecule has 5 nitrogen and oxygen atoms in total. The largest absolute Gasteiger partial charge is 0.383 e. The second-order valence-electron chi connectivity index (χ2n) is 4.66. The van der Waals surface area contributed by atoms with Crippen molar-refractivity contribution in [1.82, 2.24) is 10.3 Å². The molecule has 116 valence electrons. The molecule has 0 aliphatic heterocycles. The maximum atomic E-state index is 12.8. The highest BCUT2D eigenvalue weighted by Gasteiger charge is 2.06. The first kappa shape index (κ1) is 15.9. The smallest absolute Gasteiger partial charge is 0.251 e. The topological polar surface area (TPSA) is 63.2 Å². The molecule has 6 heteroatoms. The summed E-state index contributed by atoms with van der Waals surface area (Å²) in [4.78, 5) is 16.1. The van der Waals surface area contributed by atoms with Gasteiger partial charge in [0, 0.05) is 32.0 Å². The Bertz CT molecular complexity index is 617. The number of halogens is 1. The number of anilines is 1. The highest BCUT2D eigenvalue weighted by atomic mass is 19.1. The average Bonchev–Trinajstić information content (AvgIpc) is 2.55. The molecule has 1 heterocycles. The Morgan fingerprint density at radius 1 is 1.27 bits per heavy atom. The number of nitrogens with zero attached hydrogens (tertiary/aromatic N) is 1. The molecule has 22 heavy (non-hydrogen) atoms. The monoisotopic (exact) mass is 303 g/mol. The van der Waals surface area contributed by atoms with Gasteiger partial charge in [-0.05, 0) is 29.8 Å². The maximum absolute atomic E-state index is 12.8. The Balaban J connectivity index is 1.93. The highest BCUT2D eigenvalue weighted by molar-refractivity contribution is 5.94. The van der Waals surface area contributed by atoms with Crippen LogP contribution in [-0.4, -0.2) is 31.2 Å². The number of ether oxygens (including phenoxy) is 1. The maximum Gasteiger partial charge on any atom is 0.251 e. The van der Waals surface area contributed by atoms with E-state index in [-0.39, 0.29) is 11.7 Å². The molecule has 2 aromatic rings. The van der Waals surface area contributed by atoms with Crippen LogP contribution in [0, 0.1) is 5.82 Å². The van der Waals surface area contributed by atoms with E-state index in [1.54, 1.807) is 37.6 Å². The summed E-state index contributed by atoms with van der Waals surface area (Å²) in [7, 11) is 1.58. The minimum atomic E-state index is -0.267. The van der Waals surface area contributed by atoms with Crippen LogP contribution in [0.25, 0.3) is 0 Å². The summed E-state index contributed by atoms with van der Waals surface area (Å²) < 4.78 is 17.7. The van der Waals surface area contributed by atoms with Gasteiger partial charge in [0.1, 0.15) is 11.6 Å². The van der Waals surface area contributed by atoms with E-state index >= 15 is 0 Å². The molecule has 1 aromatic carbocycles. The van der Waals surface area contributed by atoms with E-state index in [2.05, 4.69) is 15.6 Å². The number of methoxy groups -OCH3 is 1. The molecular weight excluding hydrogens is 285 g/mol. The van der Waals surface area contributed by atoms with E-state index in [4.69, 9.17) is 4.74 Å². The Hall–Kier alpha value is -2.47. The van der Waals surface area contributed by atoms with Crippen molar-refractivity contribution < 1.29 is 13.9 Å². The summed E-state index contributed by atoms with van der Waals surface area (Å²) in [6, 6.07) is 9.53.